The number of benzene rings is 2. The van der Waals surface area contributed by atoms with E-state index in [2.05, 4.69) is 11.0 Å². The summed E-state index contributed by atoms with van der Waals surface area (Å²) in [6.45, 7) is 3.68. The Hall–Kier alpha value is -2.06. The molecule has 1 saturated carbocycles. The van der Waals surface area contributed by atoms with Gasteiger partial charge < -0.3 is 4.90 Å². The van der Waals surface area contributed by atoms with Crippen LogP contribution >= 0.6 is 23.2 Å². The third kappa shape index (κ3) is 3.75. The molecule has 0 unspecified atom stereocenters. The summed E-state index contributed by atoms with van der Waals surface area (Å²) in [6.07, 6.45) is 1.82. The fourth-order valence-corrected chi connectivity index (χ4v) is 4.10. The average Bonchev–Trinajstić information content (AvgIpc) is 3.53. The fourth-order valence-electron chi connectivity index (χ4n) is 3.72. The second-order valence-electron chi connectivity index (χ2n) is 7.55. The van der Waals surface area contributed by atoms with E-state index >= 15 is 0 Å². The maximum atomic E-state index is 12.8. The Balaban J connectivity index is 1.35. The highest BCUT2D eigenvalue weighted by atomic mass is 35.5. The van der Waals surface area contributed by atoms with Crippen LogP contribution < -0.4 is 0 Å². The number of nitrogens with zero attached hydrogens (tertiary/aromatic N) is 3. The maximum absolute atomic E-state index is 12.8. The molecule has 1 saturated heterocycles. The molecule has 0 bridgehead atoms. The van der Waals surface area contributed by atoms with Crippen molar-refractivity contribution in [1.29, 1.82) is 5.26 Å². The molecule has 0 radical (unpaired) electrons. The summed E-state index contributed by atoms with van der Waals surface area (Å²) in [5.74, 6) is 0.0498. The van der Waals surface area contributed by atoms with Crippen molar-refractivity contribution in [3.8, 4) is 6.07 Å². The lowest BCUT2D eigenvalue weighted by Gasteiger charge is -2.35. The molecule has 28 heavy (non-hydrogen) atoms. The lowest BCUT2D eigenvalue weighted by Crippen LogP contribution is -2.48. The Morgan fingerprint density at radius 2 is 1.71 bits per heavy atom. The van der Waals surface area contributed by atoms with Crippen LogP contribution in [0.15, 0.2) is 42.5 Å². The van der Waals surface area contributed by atoms with Gasteiger partial charge in [0.15, 0.2) is 0 Å². The zero-order valence-corrected chi connectivity index (χ0v) is 17.0. The molecule has 6 heteroatoms. The minimum absolute atomic E-state index is 0.0498. The average molecular weight is 414 g/mol. The van der Waals surface area contributed by atoms with Crippen LogP contribution in [0.5, 0.6) is 0 Å². The number of halogens is 2. The van der Waals surface area contributed by atoms with Gasteiger partial charge in [-0.1, -0.05) is 47.5 Å². The second kappa shape index (κ2) is 7.75. The smallest absolute Gasteiger partial charge is 0.253 e. The highest BCUT2D eigenvalue weighted by Gasteiger charge is 2.44. The molecular weight excluding hydrogens is 393 g/mol. The summed E-state index contributed by atoms with van der Waals surface area (Å²) in [6, 6.07) is 15.6. The molecule has 0 N–H and O–H groups in total. The van der Waals surface area contributed by atoms with Crippen molar-refractivity contribution in [3.05, 3.63) is 69.2 Å². The van der Waals surface area contributed by atoms with Gasteiger partial charge >= 0.3 is 0 Å². The number of carbonyl (C=O) groups excluding carboxylic acids is 1. The summed E-state index contributed by atoms with van der Waals surface area (Å²) >= 11 is 12.4. The van der Waals surface area contributed by atoms with Crippen LogP contribution in [0.4, 0.5) is 0 Å². The van der Waals surface area contributed by atoms with E-state index < -0.39 is 0 Å². The van der Waals surface area contributed by atoms with Gasteiger partial charge in [0.2, 0.25) is 0 Å². The normalized spacial score (nSPS) is 18.5. The minimum Gasteiger partial charge on any atom is -0.336 e. The van der Waals surface area contributed by atoms with Gasteiger partial charge in [-0.05, 0) is 42.2 Å². The molecule has 2 fully saturated rings. The van der Waals surface area contributed by atoms with Gasteiger partial charge in [0.1, 0.15) is 0 Å². The van der Waals surface area contributed by atoms with E-state index in [0.29, 0.717) is 28.7 Å². The van der Waals surface area contributed by atoms with Gasteiger partial charge in [0, 0.05) is 38.3 Å². The van der Waals surface area contributed by atoms with Crippen LogP contribution in [0.1, 0.15) is 34.3 Å². The first-order valence-corrected chi connectivity index (χ1v) is 10.2. The number of rotatable bonds is 4. The molecule has 4 rings (SSSR count). The van der Waals surface area contributed by atoms with Gasteiger partial charge in [0.25, 0.3) is 5.91 Å². The van der Waals surface area contributed by atoms with E-state index in [1.165, 1.54) is 0 Å². The van der Waals surface area contributed by atoms with Crippen molar-refractivity contribution in [2.45, 2.75) is 24.8 Å². The zero-order valence-electron chi connectivity index (χ0n) is 15.5. The first-order valence-electron chi connectivity index (χ1n) is 9.49. The van der Waals surface area contributed by atoms with Gasteiger partial charge in [-0.3, -0.25) is 9.69 Å². The molecule has 1 aliphatic carbocycles. The zero-order chi connectivity index (χ0) is 19.7. The van der Waals surface area contributed by atoms with Crippen molar-refractivity contribution in [1.82, 2.24) is 9.80 Å². The quantitative estimate of drug-likeness (QED) is 0.740. The molecule has 1 amide bonds. The molecule has 0 atom stereocenters. The predicted molar refractivity (Wildman–Crippen MR) is 111 cm³/mol. The van der Waals surface area contributed by atoms with E-state index in [4.69, 9.17) is 23.2 Å². The first-order chi connectivity index (χ1) is 13.5. The van der Waals surface area contributed by atoms with E-state index in [1.54, 1.807) is 6.07 Å². The van der Waals surface area contributed by atoms with Crippen molar-refractivity contribution < 1.29 is 4.79 Å². The van der Waals surface area contributed by atoms with E-state index in [1.807, 2.05) is 41.3 Å². The minimum atomic E-state index is -0.311. The number of hydrogen-bond donors (Lipinski definition) is 0. The van der Waals surface area contributed by atoms with Gasteiger partial charge in [-0.2, -0.15) is 5.26 Å². The monoisotopic (exact) mass is 413 g/mol. The number of carbonyl (C=O) groups is 1. The largest absolute Gasteiger partial charge is 0.336 e. The molecule has 2 aromatic rings. The van der Waals surface area contributed by atoms with Crippen molar-refractivity contribution in [2.75, 3.05) is 26.2 Å². The number of hydrogen-bond acceptors (Lipinski definition) is 3. The number of piperazine rings is 1. The molecule has 0 spiro atoms. The Morgan fingerprint density at radius 3 is 2.32 bits per heavy atom. The second-order valence-corrected chi connectivity index (χ2v) is 8.34. The van der Waals surface area contributed by atoms with Crippen molar-refractivity contribution >= 4 is 29.1 Å². The number of amides is 1. The van der Waals surface area contributed by atoms with Gasteiger partial charge in [-0.25, -0.2) is 0 Å². The SMILES string of the molecule is N#CC1(c2ccc(C(=O)N3CCN(Cc4cccc(Cl)c4Cl)CC3)cc2)CC1. The Labute approximate surface area is 175 Å². The van der Waals surface area contributed by atoms with Crippen LogP contribution in [0.3, 0.4) is 0 Å². The molecule has 0 aromatic heterocycles. The Morgan fingerprint density at radius 1 is 1.04 bits per heavy atom. The highest BCUT2D eigenvalue weighted by Crippen LogP contribution is 2.47. The Kier molecular flexibility index (Phi) is 5.33. The van der Waals surface area contributed by atoms with Gasteiger partial charge in [0.05, 0.1) is 21.5 Å². The van der Waals surface area contributed by atoms with Gasteiger partial charge in [-0.15, -0.1) is 0 Å². The van der Waals surface area contributed by atoms with E-state index in [0.717, 1.165) is 43.6 Å². The summed E-state index contributed by atoms with van der Waals surface area (Å²) in [5, 5.41) is 10.5. The summed E-state index contributed by atoms with van der Waals surface area (Å²) in [7, 11) is 0. The van der Waals surface area contributed by atoms with Crippen molar-refractivity contribution in [3.63, 3.8) is 0 Å². The van der Waals surface area contributed by atoms with E-state index in [9.17, 15) is 10.1 Å². The molecule has 2 aliphatic rings. The Bertz CT molecular complexity index is 924. The lowest BCUT2D eigenvalue weighted by molar-refractivity contribution is 0.0628. The topological polar surface area (TPSA) is 47.3 Å². The summed E-state index contributed by atoms with van der Waals surface area (Å²) < 4.78 is 0. The first kappa shape index (κ1) is 19.3. The molecular formula is C22H21Cl2N3O. The van der Waals surface area contributed by atoms with Crippen molar-refractivity contribution in [2.24, 2.45) is 0 Å². The molecule has 144 valence electrons. The molecule has 2 aromatic carbocycles. The highest BCUT2D eigenvalue weighted by molar-refractivity contribution is 6.42. The fraction of sp³-hybridized carbons (Fsp3) is 0.364. The van der Waals surface area contributed by atoms with E-state index in [-0.39, 0.29) is 11.3 Å². The standard InChI is InChI=1S/C22H21Cl2N3O/c23-19-3-1-2-17(20(19)24)14-26-10-12-27(13-11-26)21(28)16-4-6-18(7-5-16)22(15-25)8-9-22/h1-7H,8-14H2. The molecule has 1 aliphatic heterocycles. The maximum Gasteiger partial charge on any atom is 0.253 e. The van der Waals surface area contributed by atoms with Crippen LogP contribution in [0.25, 0.3) is 0 Å². The third-order valence-corrected chi connectivity index (χ3v) is 6.59. The predicted octanol–water partition coefficient (Wildman–Crippen LogP) is 4.51. The number of nitriles is 1. The summed E-state index contributed by atoms with van der Waals surface area (Å²) in [4.78, 5) is 17.0. The lowest BCUT2D eigenvalue weighted by atomic mass is 9.96. The van der Waals surface area contributed by atoms with Crippen LogP contribution in [0, 0.1) is 11.3 Å². The summed E-state index contributed by atoms with van der Waals surface area (Å²) in [5.41, 5.74) is 2.41. The van der Waals surface area contributed by atoms with Crippen LogP contribution in [-0.4, -0.2) is 41.9 Å². The van der Waals surface area contributed by atoms with Crippen LogP contribution in [0.2, 0.25) is 10.0 Å². The van der Waals surface area contributed by atoms with Crippen LogP contribution in [-0.2, 0) is 12.0 Å². The third-order valence-electron chi connectivity index (χ3n) is 5.73. The molecule has 1 heterocycles. The molecule has 4 nitrogen and oxygen atoms in total.